The number of anilines is 1. The summed E-state index contributed by atoms with van der Waals surface area (Å²) in [6.07, 6.45) is 1.38. The van der Waals surface area contributed by atoms with Gasteiger partial charge in [-0.25, -0.2) is 4.79 Å². The van der Waals surface area contributed by atoms with E-state index in [1.165, 1.54) is 11.3 Å². The normalized spacial score (nSPS) is 15.6. The molecular weight excluding hydrogens is 354 g/mol. The van der Waals surface area contributed by atoms with E-state index in [1.807, 2.05) is 16.8 Å². The Bertz CT molecular complexity index is 994. The summed E-state index contributed by atoms with van der Waals surface area (Å²) in [5.74, 6) is -0.990. The number of aromatic nitrogens is 1. The van der Waals surface area contributed by atoms with Crippen LogP contribution in [0.5, 0.6) is 5.75 Å². The summed E-state index contributed by atoms with van der Waals surface area (Å²) in [5.41, 5.74) is 14.2. The molecule has 0 saturated heterocycles. The summed E-state index contributed by atoms with van der Waals surface area (Å²) in [4.78, 5) is 24.1. The first-order valence-corrected chi connectivity index (χ1v) is 8.91. The number of thiophene rings is 1. The number of primary amides is 1. The predicted octanol–water partition coefficient (Wildman–Crippen LogP) is 2.72. The Morgan fingerprint density at radius 2 is 2.15 bits per heavy atom. The lowest BCUT2D eigenvalue weighted by molar-refractivity contribution is -0.119. The lowest BCUT2D eigenvalue weighted by Crippen LogP contribution is -2.19. The number of hydrogen-bond acceptors (Lipinski definition) is 7. The Kier molecular flexibility index (Phi) is 3.96. The van der Waals surface area contributed by atoms with Gasteiger partial charge in [0.1, 0.15) is 11.4 Å². The highest BCUT2D eigenvalue weighted by molar-refractivity contribution is 7.08. The number of rotatable bonds is 4. The largest absolute Gasteiger partial charge is 0.423 e. The molecule has 2 aromatic heterocycles. The Hall–Kier alpha value is -3.13. The molecule has 1 aliphatic carbocycles. The number of ether oxygens (including phenoxy) is 1. The number of aryl methyl sites for hydroxylation is 1. The zero-order valence-electron chi connectivity index (χ0n) is 13.6. The third-order valence-corrected chi connectivity index (χ3v) is 5.15. The molecule has 0 saturated carbocycles. The summed E-state index contributed by atoms with van der Waals surface area (Å²) in [5, 5.41) is 7.57. The maximum atomic E-state index is 12.6. The summed E-state index contributed by atoms with van der Waals surface area (Å²) in [7, 11) is 0. The Balaban J connectivity index is 1.61. The number of carbonyl (C=O) groups excluding carboxylic acids is 2. The van der Waals surface area contributed by atoms with Crippen LogP contribution in [0.4, 0.5) is 5.88 Å². The van der Waals surface area contributed by atoms with Crippen LogP contribution in [-0.2, 0) is 11.2 Å². The zero-order chi connectivity index (χ0) is 18.3. The number of hydrogen-bond donors (Lipinski definition) is 2. The SMILES string of the molecule is NC(=O)C1CCc2cc(OC(=O)c3c(-c4ccsc4)noc3N)ccc21. The fourth-order valence-corrected chi connectivity index (χ4v) is 3.85. The number of carbonyl (C=O) groups is 2. The van der Waals surface area contributed by atoms with E-state index in [2.05, 4.69) is 5.16 Å². The van der Waals surface area contributed by atoms with Crippen LogP contribution in [0.3, 0.4) is 0 Å². The number of amides is 1. The number of nitrogens with zero attached hydrogens (tertiary/aromatic N) is 1. The van der Waals surface area contributed by atoms with E-state index < -0.39 is 5.97 Å². The van der Waals surface area contributed by atoms with E-state index in [1.54, 1.807) is 18.2 Å². The monoisotopic (exact) mass is 369 g/mol. The van der Waals surface area contributed by atoms with Gasteiger partial charge in [-0.3, -0.25) is 4.79 Å². The average Bonchev–Trinajstić information content (AvgIpc) is 3.32. The summed E-state index contributed by atoms with van der Waals surface area (Å²) in [6.45, 7) is 0. The Morgan fingerprint density at radius 1 is 1.31 bits per heavy atom. The molecule has 1 aliphatic rings. The highest BCUT2D eigenvalue weighted by Gasteiger charge is 2.28. The molecule has 1 atom stereocenters. The van der Waals surface area contributed by atoms with Gasteiger partial charge in [0.05, 0.1) is 5.92 Å². The van der Waals surface area contributed by atoms with Gasteiger partial charge in [0.2, 0.25) is 11.8 Å². The minimum Gasteiger partial charge on any atom is -0.423 e. The molecule has 1 unspecified atom stereocenters. The molecule has 2 heterocycles. The molecule has 1 amide bonds. The lowest BCUT2D eigenvalue weighted by atomic mass is 10.0. The fraction of sp³-hybridized carbons (Fsp3) is 0.167. The van der Waals surface area contributed by atoms with Gasteiger partial charge in [-0.05, 0) is 47.5 Å². The van der Waals surface area contributed by atoms with Crippen molar-refractivity contribution in [1.29, 1.82) is 0 Å². The van der Waals surface area contributed by atoms with E-state index in [0.717, 1.165) is 16.7 Å². The van der Waals surface area contributed by atoms with Crippen molar-refractivity contribution < 1.29 is 18.8 Å². The van der Waals surface area contributed by atoms with Gasteiger partial charge in [-0.2, -0.15) is 11.3 Å². The van der Waals surface area contributed by atoms with E-state index >= 15 is 0 Å². The molecule has 3 aromatic rings. The highest BCUT2D eigenvalue weighted by atomic mass is 32.1. The van der Waals surface area contributed by atoms with Gasteiger partial charge in [0.25, 0.3) is 0 Å². The molecule has 7 nitrogen and oxygen atoms in total. The first-order chi connectivity index (χ1) is 12.5. The van der Waals surface area contributed by atoms with Gasteiger partial charge < -0.3 is 20.7 Å². The molecule has 132 valence electrons. The number of esters is 1. The second-order valence-corrected chi connectivity index (χ2v) is 6.81. The molecule has 0 radical (unpaired) electrons. The van der Waals surface area contributed by atoms with Crippen LogP contribution >= 0.6 is 11.3 Å². The highest BCUT2D eigenvalue weighted by Crippen LogP contribution is 2.36. The Morgan fingerprint density at radius 3 is 2.88 bits per heavy atom. The van der Waals surface area contributed by atoms with Crippen molar-refractivity contribution in [2.24, 2.45) is 5.73 Å². The summed E-state index contributed by atoms with van der Waals surface area (Å²) >= 11 is 1.47. The third kappa shape index (κ3) is 2.74. The topological polar surface area (TPSA) is 121 Å². The van der Waals surface area contributed by atoms with Crippen molar-refractivity contribution in [2.75, 3.05) is 5.73 Å². The molecule has 0 fully saturated rings. The molecule has 1 aromatic carbocycles. The van der Waals surface area contributed by atoms with Crippen LogP contribution in [0.25, 0.3) is 11.3 Å². The molecule has 8 heteroatoms. The van der Waals surface area contributed by atoms with Crippen molar-refractivity contribution in [3.8, 4) is 17.0 Å². The minimum absolute atomic E-state index is 0.0915. The minimum atomic E-state index is -0.644. The van der Waals surface area contributed by atoms with Gasteiger partial charge in [-0.15, -0.1) is 0 Å². The smallest absolute Gasteiger partial charge is 0.351 e. The van der Waals surface area contributed by atoms with Crippen molar-refractivity contribution in [2.45, 2.75) is 18.8 Å². The van der Waals surface area contributed by atoms with Crippen LogP contribution in [0.1, 0.15) is 33.8 Å². The number of fused-ring (bicyclic) bond motifs is 1. The second-order valence-electron chi connectivity index (χ2n) is 6.03. The third-order valence-electron chi connectivity index (χ3n) is 4.46. The molecule has 4 N–H and O–H groups in total. The summed E-state index contributed by atoms with van der Waals surface area (Å²) in [6, 6.07) is 6.99. The van der Waals surface area contributed by atoms with Crippen molar-refractivity contribution >= 4 is 29.1 Å². The molecule has 0 spiro atoms. The van der Waals surface area contributed by atoms with E-state index in [-0.39, 0.29) is 23.3 Å². The predicted molar refractivity (Wildman–Crippen MR) is 95.9 cm³/mol. The first-order valence-electron chi connectivity index (χ1n) is 7.96. The van der Waals surface area contributed by atoms with Crippen LogP contribution in [0.2, 0.25) is 0 Å². The maximum absolute atomic E-state index is 12.6. The molecule has 26 heavy (non-hydrogen) atoms. The molecule has 4 rings (SSSR count). The standard InChI is InChI=1S/C18H15N3O4S/c19-16(22)13-3-1-9-7-11(2-4-12(9)13)24-18(23)14-15(21-25-17(14)20)10-5-6-26-8-10/h2,4-8,13H,1,3,20H2,(H2,19,22). The Labute approximate surface area is 152 Å². The van der Waals surface area contributed by atoms with E-state index in [0.29, 0.717) is 24.3 Å². The molecule has 0 bridgehead atoms. The fourth-order valence-electron chi connectivity index (χ4n) is 3.21. The maximum Gasteiger partial charge on any atom is 0.351 e. The van der Waals surface area contributed by atoms with E-state index in [4.69, 9.17) is 20.7 Å². The van der Waals surface area contributed by atoms with Gasteiger partial charge in [-0.1, -0.05) is 11.2 Å². The average molecular weight is 369 g/mol. The van der Waals surface area contributed by atoms with Crippen LogP contribution in [0, 0.1) is 0 Å². The first kappa shape index (κ1) is 16.3. The van der Waals surface area contributed by atoms with Gasteiger partial charge in [0.15, 0.2) is 5.56 Å². The van der Waals surface area contributed by atoms with Crippen LogP contribution in [-0.4, -0.2) is 17.0 Å². The van der Waals surface area contributed by atoms with Crippen molar-refractivity contribution in [3.63, 3.8) is 0 Å². The number of nitrogen functional groups attached to an aromatic ring is 1. The van der Waals surface area contributed by atoms with Gasteiger partial charge >= 0.3 is 5.97 Å². The number of benzene rings is 1. The summed E-state index contributed by atoms with van der Waals surface area (Å²) < 4.78 is 10.4. The van der Waals surface area contributed by atoms with Crippen molar-refractivity contribution in [3.05, 3.63) is 51.7 Å². The lowest BCUT2D eigenvalue weighted by Gasteiger charge is -2.09. The molecular formula is C18H15N3O4S. The van der Waals surface area contributed by atoms with Crippen molar-refractivity contribution in [1.82, 2.24) is 5.16 Å². The quantitative estimate of drug-likeness (QED) is 0.539. The number of nitrogens with two attached hydrogens (primary N) is 2. The van der Waals surface area contributed by atoms with E-state index in [9.17, 15) is 9.59 Å². The zero-order valence-corrected chi connectivity index (χ0v) is 14.4. The molecule has 0 aliphatic heterocycles. The van der Waals surface area contributed by atoms with Crippen LogP contribution < -0.4 is 16.2 Å². The van der Waals surface area contributed by atoms with Gasteiger partial charge in [0, 0.05) is 10.9 Å². The van der Waals surface area contributed by atoms with Crippen LogP contribution in [0.15, 0.2) is 39.5 Å². The second kappa shape index (κ2) is 6.30.